The quantitative estimate of drug-likeness (QED) is 0.491. The molecule has 0 aliphatic carbocycles. The number of aromatic nitrogens is 1. The van der Waals surface area contributed by atoms with E-state index in [1.54, 1.807) is 13.2 Å². The molecule has 0 spiro atoms. The number of nitrogens with zero attached hydrogens (tertiary/aromatic N) is 1. The molecule has 6 heteroatoms. The second kappa shape index (κ2) is 8.99. The Morgan fingerprint density at radius 3 is 2.54 bits per heavy atom. The molecule has 0 aliphatic heterocycles. The monoisotopic (exact) mass is 390 g/mol. The molecule has 0 fully saturated rings. The number of halogens is 2. The molecule has 0 saturated heterocycles. The molecule has 0 N–H and O–H groups in total. The molecule has 0 saturated carbocycles. The summed E-state index contributed by atoms with van der Waals surface area (Å²) in [4.78, 5) is 17.3. The van der Waals surface area contributed by atoms with Gasteiger partial charge in [-0.3, -0.25) is 4.98 Å². The zero-order valence-corrected chi connectivity index (χ0v) is 16.0. The SMILES string of the molecule is COCCOC(=O)c1c(C)nc2ccc(Cl)cc2c1-c1ccccc1.[Cl-]. The van der Waals surface area contributed by atoms with Gasteiger partial charge < -0.3 is 21.9 Å². The second-order valence-electron chi connectivity index (χ2n) is 5.60. The molecule has 0 aliphatic rings. The number of fused-ring (bicyclic) bond motifs is 1. The number of hydrogen-bond acceptors (Lipinski definition) is 4. The summed E-state index contributed by atoms with van der Waals surface area (Å²) in [5.74, 6) is -0.414. The highest BCUT2D eigenvalue weighted by Crippen LogP contribution is 2.34. The van der Waals surface area contributed by atoms with Gasteiger partial charge in [0.15, 0.2) is 0 Å². The number of esters is 1. The van der Waals surface area contributed by atoms with Gasteiger partial charge in [-0.2, -0.15) is 0 Å². The van der Waals surface area contributed by atoms with E-state index in [9.17, 15) is 4.79 Å². The fraction of sp³-hybridized carbons (Fsp3) is 0.200. The highest BCUT2D eigenvalue weighted by atomic mass is 35.5. The molecule has 1 heterocycles. The summed E-state index contributed by atoms with van der Waals surface area (Å²) in [7, 11) is 1.56. The van der Waals surface area contributed by atoms with Gasteiger partial charge in [0, 0.05) is 23.1 Å². The van der Waals surface area contributed by atoms with Gasteiger partial charge in [0.1, 0.15) is 6.61 Å². The van der Waals surface area contributed by atoms with Crippen LogP contribution < -0.4 is 12.4 Å². The normalized spacial score (nSPS) is 10.4. The fourth-order valence-corrected chi connectivity index (χ4v) is 2.97. The van der Waals surface area contributed by atoms with Crippen molar-refractivity contribution in [2.24, 2.45) is 0 Å². The van der Waals surface area contributed by atoms with Gasteiger partial charge in [0.05, 0.1) is 23.4 Å². The molecular formula is C20H18Cl2NO3-. The number of ether oxygens (including phenoxy) is 2. The molecule has 3 rings (SSSR count). The van der Waals surface area contributed by atoms with Gasteiger partial charge in [0.25, 0.3) is 0 Å². The number of hydrogen-bond donors (Lipinski definition) is 0. The highest BCUT2D eigenvalue weighted by Gasteiger charge is 2.21. The average Bonchev–Trinajstić information content (AvgIpc) is 2.62. The van der Waals surface area contributed by atoms with E-state index < -0.39 is 5.97 Å². The Hall–Kier alpha value is -2.14. The number of carbonyl (C=O) groups is 1. The van der Waals surface area contributed by atoms with Crippen LogP contribution in [0.2, 0.25) is 5.02 Å². The van der Waals surface area contributed by atoms with E-state index in [0.29, 0.717) is 22.9 Å². The van der Waals surface area contributed by atoms with Gasteiger partial charge in [-0.05, 0) is 30.7 Å². The molecule has 2 aromatic carbocycles. The smallest absolute Gasteiger partial charge is 0.340 e. The van der Waals surface area contributed by atoms with E-state index in [-0.39, 0.29) is 19.0 Å². The molecule has 0 unspecified atom stereocenters. The molecule has 0 atom stereocenters. The maximum absolute atomic E-state index is 12.7. The maximum atomic E-state index is 12.7. The number of aryl methyl sites for hydroxylation is 1. The minimum Gasteiger partial charge on any atom is -1.00 e. The lowest BCUT2D eigenvalue weighted by Gasteiger charge is -2.15. The Balaban J connectivity index is 0.00000243. The molecule has 0 amide bonds. The lowest BCUT2D eigenvalue weighted by molar-refractivity contribution is -0.0000249. The molecule has 3 aromatic rings. The van der Waals surface area contributed by atoms with Crippen molar-refractivity contribution in [2.45, 2.75) is 6.92 Å². The lowest BCUT2D eigenvalue weighted by Crippen LogP contribution is -3.00. The predicted molar refractivity (Wildman–Crippen MR) is 99.1 cm³/mol. The van der Waals surface area contributed by atoms with Crippen molar-refractivity contribution >= 4 is 28.5 Å². The summed E-state index contributed by atoms with van der Waals surface area (Å²) >= 11 is 6.19. The number of methoxy groups -OCH3 is 1. The van der Waals surface area contributed by atoms with E-state index in [1.807, 2.05) is 49.4 Å². The van der Waals surface area contributed by atoms with Crippen molar-refractivity contribution in [2.75, 3.05) is 20.3 Å². The van der Waals surface area contributed by atoms with Crippen LogP contribution in [0, 0.1) is 6.92 Å². The van der Waals surface area contributed by atoms with Crippen molar-refractivity contribution in [3.8, 4) is 11.1 Å². The summed E-state index contributed by atoms with van der Waals surface area (Å²) in [6.07, 6.45) is 0. The minimum atomic E-state index is -0.414. The standard InChI is InChI=1S/C20H18ClNO3.ClH/c1-13-18(20(23)25-11-10-24-2)19(14-6-4-3-5-7-14)16-12-15(21)8-9-17(16)22-13;/h3-9,12H,10-11H2,1-2H3;1H/p-1. The number of rotatable bonds is 5. The third-order valence-electron chi connectivity index (χ3n) is 3.92. The Labute approximate surface area is 163 Å². The number of carbonyl (C=O) groups excluding carboxylic acids is 1. The van der Waals surface area contributed by atoms with Crippen molar-refractivity contribution in [3.05, 3.63) is 64.8 Å². The molecule has 4 nitrogen and oxygen atoms in total. The van der Waals surface area contributed by atoms with Crippen LogP contribution >= 0.6 is 11.6 Å². The van der Waals surface area contributed by atoms with Gasteiger partial charge in [-0.15, -0.1) is 0 Å². The van der Waals surface area contributed by atoms with E-state index in [4.69, 9.17) is 21.1 Å². The second-order valence-corrected chi connectivity index (χ2v) is 6.04. The molecule has 26 heavy (non-hydrogen) atoms. The summed E-state index contributed by atoms with van der Waals surface area (Å²) < 4.78 is 10.3. The first kappa shape index (κ1) is 20.2. The van der Waals surface area contributed by atoms with Crippen molar-refractivity contribution in [1.29, 1.82) is 0 Å². The van der Waals surface area contributed by atoms with E-state index in [0.717, 1.165) is 22.0 Å². The highest BCUT2D eigenvalue weighted by molar-refractivity contribution is 6.31. The van der Waals surface area contributed by atoms with Crippen LogP contribution in [0.1, 0.15) is 16.1 Å². The van der Waals surface area contributed by atoms with Crippen LogP contribution in [-0.4, -0.2) is 31.3 Å². The molecule has 0 radical (unpaired) electrons. The Morgan fingerprint density at radius 1 is 1.12 bits per heavy atom. The van der Waals surface area contributed by atoms with Crippen molar-refractivity contribution < 1.29 is 26.7 Å². The third-order valence-corrected chi connectivity index (χ3v) is 4.15. The Kier molecular flexibility index (Phi) is 6.98. The lowest BCUT2D eigenvalue weighted by atomic mass is 9.94. The van der Waals surface area contributed by atoms with Crippen LogP contribution in [0.5, 0.6) is 0 Å². The van der Waals surface area contributed by atoms with E-state index in [2.05, 4.69) is 4.98 Å². The van der Waals surface area contributed by atoms with E-state index in [1.165, 1.54) is 0 Å². The zero-order valence-electron chi connectivity index (χ0n) is 14.5. The zero-order chi connectivity index (χ0) is 17.8. The van der Waals surface area contributed by atoms with Crippen LogP contribution in [0.15, 0.2) is 48.5 Å². The predicted octanol–water partition coefficient (Wildman–Crippen LogP) is 1.67. The third kappa shape index (κ3) is 4.15. The summed E-state index contributed by atoms with van der Waals surface area (Å²) in [6, 6.07) is 15.2. The first-order valence-electron chi connectivity index (χ1n) is 7.93. The van der Waals surface area contributed by atoms with Crippen molar-refractivity contribution in [3.63, 3.8) is 0 Å². The number of benzene rings is 2. The van der Waals surface area contributed by atoms with Crippen LogP contribution in [0.3, 0.4) is 0 Å². The number of pyridine rings is 1. The van der Waals surface area contributed by atoms with Gasteiger partial charge in [-0.1, -0.05) is 41.9 Å². The molecule has 136 valence electrons. The molecule has 0 bridgehead atoms. The summed E-state index contributed by atoms with van der Waals surface area (Å²) in [5, 5.41) is 1.41. The largest absolute Gasteiger partial charge is 1.00 e. The van der Waals surface area contributed by atoms with E-state index >= 15 is 0 Å². The minimum absolute atomic E-state index is 0. The first-order chi connectivity index (χ1) is 12.1. The van der Waals surface area contributed by atoms with Crippen LogP contribution in [0.4, 0.5) is 0 Å². The van der Waals surface area contributed by atoms with Gasteiger partial charge in [-0.25, -0.2) is 4.79 Å². The van der Waals surface area contributed by atoms with Crippen LogP contribution in [0.25, 0.3) is 22.0 Å². The first-order valence-corrected chi connectivity index (χ1v) is 8.31. The Bertz CT molecular complexity index is 914. The molecule has 1 aromatic heterocycles. The van der Waals surface area contributed by atoms with Crippen LogP contribution in [-0.2, 0) is 9.47 Å². The summed E-state index contributed by atoms with van der Waals surface area (Å²) in [5.41, 5.74) is 3.56. The Morgan fingerprint density at radius 2 is 1.85 bits per heavy atom. The van der Waals surface area contributed by atoms with Crippen molar-refractivity contribution in [1.82, 2.24) is 4.98 Å². The summed E-state index contributed by atoms with van der Waals surface area (Å²) in [6.45, 7) is 2.35. The average molecular weight is 391 g/mol. The van der Waals surface area contributed by atoms with Gasteiger partial charge in [0.2, 0.25) is 0 Å². The van der Waals surface area contributed by atoms with Gasteiger partial charge >= 0.3 is 5.97 Å². The topological polar surface area (TPSA) is 48.4 Å². The maximum Gasteiger partial charge on any atom is 0.340 e. The molecular weight excluding hydrogens is 373 g/mol. The fourth-order valence-electron chi connectivity index (χ4n) is 2.80.